The second-order valence-corrected chi connectivity index (χ2v) is 4.52. The molecule has 4 nitrogen and oxygen atoms in total. The molecule has 5 heteroatoms. The van der Waals surface area contributed by atoms with Crippen molar-refractivity contribution in [3.63, 3.8) is 0 Å². The van der Waals surface area contributed by atoms with Gasteiger partial charge in [-0.2, -0.15) is 0 Å². The number of anilines is 1. The molecule has 1 amide bonds. The van der Waals surface area contributed by atoms with Crippen molar-refractivity contribution in [3.05, 3.63) is 59.7 Å². The number of aliphatic hydroxyl groups excluding tert-OH is 1. The van der Waals surface area contributed by atoms with Crippen LogP contribution in [0.3, 0.4) is 0 Å². The average molecular weight is 336 g/mol. The number of para-hydroxylation sites is 1. The molecule has 0 unspecified atom stereocenters. The molecule has 0 saturated carbocycles. The van der Waals surface area contributed by atoms with Gasteiger partial charge in [-0.05, 0) is 45.8 Å². The fourth-order valence-electron chi connectivity index (χ4n) is 1.78. The van der Waals surface area contributed by atoms with E-state index in [4.69, 9.17) is 9.84 Å². The van der Waals surface area contributed by atoms with Crippen LogP contribution < -0.4 is 10.1 Å². The number of benzene rings is 2. The van der Waals surface area contributed by atoms with E-state index in [1.165, 1.54) is 0 Å². The van der Waals surface area contributed by atoms with Crippen LogP contribution >= 0.6 is 15.9 Å². The molecule has 0 saturated heterocycles. The van der Waals surface area contributed by atoms with E-state index in [9.17, 15) is 4.79 Å². The predicted molar refractivity (Wildman–Crippen MR) is 81.2 cm³/mol. The van der Waals surface area contributed by atoms with Gasteiger partial charge in [-0.1, -0.05) is 24.3 Å². The van der Waals surface area contributed by atoms with Crippen molar-refractivity contribution in [3.8, 4) is 5.75 Å². The number of ether oxygens (including phenoxy) is 1. The maximum absolute atomic E-state index is 12.2. The maximum atomic E-state index is 12.2. The Bertz CT molecular complexity index is 601. The number of amides is 1. The summed E-state index contributed by atoms with van der Waals surface area (Å²) in [5, 5.41) is 11.9. The summed E-state index contributed by atoms with van der Waals surface area (Å²) in [6, 6.07) is 14.1. The van der Waals surface area contributed by atoms with Crippen molar-refractivity contribution in [2.45, 2.75) is 6.61 Å². The Morgan fingerprint density at radius 1 is 1.20 bits per heavy atom. The highest BCUT2D eigenvalue weighted by Gasteiger charge is 2.12. The maximum Gasteiger partial charge on any atom is 0.259 e. The minimum atomic E-state index is -0.253. The Balaban J connectivity index is 2.19. The summed E-state index contributed by atoms with van der Waals surface area (Å²) in [6.45, 7) is -0.0625. The number of hydrogen-bond donors (Lipinski definition) is 2. The molecule has 104 valence electrons. The summed E-state index contributed by atoms with van der Waals surface area (Å²) >= 11 is 3.17. The van der Waals surface area contributed by atoms with Gasteiger partial charge in [-0.25, -0.2) is 0 Å². The van der Waals surface area contributed by atoms with E-state index in [-0.39, 0.29) is 12.5 Å². The highest BCUT2D eigenvalue weighted by molar-refractivity contribution is 9.09. The van der Waals surface area contributed by atoms with Gasteiger partial charge in [-0.15, -0.1) is 0 Å². The number of rotatable bonds is 5. The van der Waals surface area contributed by atoms with Crippen LogP contribution in [0.5, 0.6) is 5.75 Å². The van der Waals surface area contributed by atoms with Gasteiger partial charge < -0.3 is 15.2 Å². The van der Waals surface area contributed by atoms with E-state index in [0.717, 1.165) is 5.56 Å². The van der Waals surface area contributed by atoms with Gasteiger partial charge in [0.1, 0.15) is 11.3 Å². The van der Waals surface area contributed by atoms with Crippen LogP contribution in [0, 0.1) is 0 Å². The number of halogens is 1. The van der Waals surface area contributed by atoms with Crippen LogP contribution in [-0.4, -0.2) is 16.5 Å². The highest BCUT2D eigenvalue weighted by atomic mass is 79.9. The third-order valence-corrected chi connectivity index (χ3v) is 2.94. The lowest BCUT2D eigenvalue weighted by Gasteiger charge is -2.10. The minimum Gasteiger partial charge on any atom is -0.482 e. The van der Waals surface area contributed by atoms with Crippen LogP contribution in [0.4, 0.5) is 5.69 Å². The van der Waals surface area contributed by atoms with Crippen LogP contribution in [0.2, 0.25) is 0 Å². The van der Waals surface area contributed by atoms with Gasteiger partial charge in [0.15, 0.2) is 0 Å². The number of alkyl halides is 1. The summed E-state index contributed by atoms with van der Waals surface area (Å²) in [4.78, 5) is 12.2. The summed E-state index contributed by atoms with van der Waals surface area (Å²) in [5.74, 6) is 0.261. The van der Waals surface area contributed by atoms with Crippen LogP contribution in [0.25, 0.3) is 0 Å². The molecule has 2 N–H and O–H groups in total. The normalized spacial score (nSPS) is 10.1. The van der Waals surface area contributed by atoms with E-state index in [1.807, 2.05) is 0 Å². The molecule has 0 aromatic heterocycles. The molecule has 2 aromatic rings. The van der Waals surface area contributed by atoms with Crippen LogP contribution in [0.1, 0.15) is 15.9 Å². The molecule has 0 heterocycles. The first-order chi connectivity index (χ1) is 9.74. The first kappa shape index (κ1) is 14.6. The van der Waals surface area contributed by atoms with E-state index >= 15 is 0 Å². The van der Waals surface area contributed by atoms with Crippen LogP contribution in [0.15, 0.2) is 48.5 Å². The molecule has 0 aliphatic heterocycles. The van der Waals surface area contributed by atoms with E-state index < -0.39 is 0 Å². The second kappa shape index (κ2) is 7.07. The SMILES string of the molecule is O=C(Nc1cccc(CO)c1)c1ccccc1OCBr. The Morgan fingerprint density at radius 2 is 2.00 bits per heavy atom. The number of aliphatic hydroxyl groups is 1. The van der Waals surface area contributed by atoms with Crippen molar-refractivity contribution in [1.29, 1.82) is 0 Å². The van der Waals surface area contributed by atoms with Gasteiger partial charge in [0, 0.05) is 5.69 Å². The fourth-order valence-corrected chi connectivity index (χ4v) is 2.03. The fraction of sp³-hybridized carbons (Fsp3) is 0.133. The molecule has 2 aromatic carbocycles. The lowest BCUT2D eigenvalue weighted by molar-refractivity contribution is 0.102. The Morgan fingerprint density at radius 3 is 2.75 bits per heavy atom. The average Bonchev–Trinajstić information content (AvgIpc) is 2.48. The minimum absolute atomic E-state index is 0.0625. The zero-order valence-electron chi connectivity index (χ0n) is 10.7. The summed E-state index contributed by atoms with van der Waals surface area (Å²) < 4.78 is 5.36. The predicted octanol–water partition coefficient (Wildman–Crippen LogP) is 3.16. The number of carbonyl (C=O) groups excluding carboxylic acids is 1. The Hall–Kier alpha value is -1.85. The lowest BCUT2D eigenvalue weighted by Crippen LogP contribution is -2.13. The smallest absolute Gasteiger partial charge is 0.259 e. The standard InChI is InChI=1S/C15H14BrNO3/c16-10-20-14-7-2-1-6-13(14)15(19)17-12-5-3-4-11(8-12)9-18/h1-8,18H,9-10H2,(H,17,19). The molecule has 2 rings (SSSR count). The highest BCUT2D eigenvalue weighted by Crippen LogP contribution is 2.20. The Kier molecular flexibility index (Phi) is 5.15. The summed E-state index contributed by atoms with van der Waals surface area (Å²) in [5.41, 5.74) is 2.15. The van der Waals surface area contributed by atoms with Gasteiger partial charge in [0.25, 0.3) is 5.91 Å². The van der Waals surface area contributed by atoms with Crippen molar-refractivity contribution in [1.82, 2.24) is 0 Å². The van der Waals surface area contributed by atoms with Gasteiger partial charge in [0.2, 0.25) is 0 Å². The monoisotopic (exact) mass is 335 g/mol. The second-order valence-electron chi connectivity index (χ2n) is 4.06. The van der Waals surface area contributed by atoms with Crippen molar-refractivity contribution in [2.75, 3.05) is 10.8 Å². The van der Waals surface area contributed by atoms with Gasteiger partial charge >= 0.3 is 0 Å². The Labute approximate surface area is 125 Å². The first-order valence-corrected chi connectivity index (χ1v) is 7.15. The zero-order chi connectivity index (χ0) is 14.4. The number of carbonyl (C=O) groups is 1. The summed E-state index contributed by atoms with van der Waals surface area (Å²) in [6.07, 6.45) is 0. The third kappa shape index (κ3) is 3.59. The summed E-state index contributed by atoms with van der Waals surface area (Å²) in [7, 11) is 0. The molecule has 0 aliphatic rings. The van der Waals surface area contributed by atoms with E-state index in [0.29, 0.717) is 22.5 Å². The number of hydrogen-bond acceptors (Lipinski definition) is 3. The van der Waals surface area contributed by atoms with E-state index in [2.05, 4.69) is 21.2 Å². The first-order valence-electron chi connectivity index (χ1n) is 6.03. The molecule has 0 bridgehead atoms. The van der Waals surface area contributed by atoms with Gasteiger partial charge in [-0.3, -0.25) is 4.79 Å². The van der Waals surface area contributed by atoms with Crippen molar-refractivity contribution >= 4 is 27.5 Å². The molecule has 20 heavy (non-hydrogen) atoms. The topological polar surface area (TPSA) is 58.6 Å². The molecule has 0 radical (unpaired) electrons. The molecule has 0 fully saturated rings. The molecular formula is C15H14BrNO3. The zero-order valence-corrected chi connectivity index (χ0v) is 12.3. The molecular weight excluding hydrogens is 322 g/mol. The molecule has 0 aliphatic carbocycles. The van der Waals surface area contributed by atoms with Gasteiger partial charge in [0.05, 0.1) is 12.2 Å². The largest absolute Gasteiger partial charge is 0.482 e. The number of nitrogens with one attached hydrogen (secondary N) is 1. The lowest BCUT2D eigenvalue weighted by atomic mass is 10.1. The van der Waals surface area contributed by atoms with Crippen LogP contribution in [-0.2, 0) is 6.61 Å². The third-order valence-electron chi connectivity index (χ3n) is 2.71. The van der Waals surface area contributed by atoms with E-state index in [1.54, 1.807) is 48.5 Å². The molecule has 0 spiro atoms. The van der Waals surface area contributed by atoms with Crippen molar-refractivity contribution in [2.24, 2.45) is 0 Å². The molecule has 0 atom stereocenters. The quantitative estimate of drug-likeness (QED) is 0.825. The van der Waals surface area contributed by atoms with Crippen molar-refractivity contribution < 1.29 is 14.6 Å².